The Kier molecular flexibility index (Phi) is 7.65. The first-order valence-corrected chi connectivity index (χ1v) is 12.9. The molecule has 1 aliphatic rings. The number of thiophene rings is 1. The zero-order chi connectivity index (χ0) is 23.2. The van der Waals surface area contributed by atoms with Gasteiger partial charge >= 0.3 is 0 Å². The van der Waals surface area contributed by atoms with Crippen LogP contribution < -0.4 is 16.0 Å². The van der Waals surface area contributed by atoms with Crippen LogP contribution in [0.5, 0.6) is 0 Å². The number of hydrogen-bond donors (Lipinski definition) is 3. The van der Waals surface area contributed by atoms with E-state index in [1.807, 2.05) is 54.6 Å². The third-order valence-corrected chi connectivity index (χ3v) is 7.74. The van der Waals surface area contributed by atoms with Gasteiger partial charge in [-0.05, 0) is 73.3 Å². The Bertz CT molecular complexity index is 1200. The molecule has 0 spiro atoms. The molecular weight excluding hydrogens is 469 g/mol. The van der Waals surface area contributed by atoms with E-state index in [-0.39, 0.29) is 11.7 Å². The maximum absolute atomic E-state index is 12.6. The number of fused-ring (bicyclic) bond motifs is 1. The first kappa shape index (κ1) is 23.3. The van der Waals surface area contributed by atoms with Crippen LogP contribution in [0.15, 0.2) is 59.5 Å². The number of anilines is 3. The molecule has 1 aliphatic carbocycles. The molecule has 1 aromatic heterocycles. The van der Waals surface area contributed by atoms with Crippen LogP contribution in [0.1, 0.15) is 29.3 Å². The van der Waals surface area contributed by atoms with Gasteiger partial charge in [-0.15, -0.1) is 23.1 Å². The van der Waals surface area contributed by atoms with E-state index in [0.29, 0.717) is 21.6 Å². The van der Waals surface area contributed by atoms with Crippen molar-refractivity contribution in [3.05, 3.63) is 70.6 Å². The molecule has 5 nitrogen and oxygen atoms in total. The van der Waals surface area contributed by atoms with Gasteiger partial charge in [-0.25, -0.2) is 0 Å². The van der Waals surface area contributed by atoms with Gasteiger partial charge in [0.15, 0.2) is 5.11 Å². The molecule has 1 heterocycles. The fraction of sp³-hybridized carbons (Fsp3) is 0.240. The fourth-order valence-corrected chi connectivity index (χ4v) is 6.12. The van der Waals surface area contributed by atoms with E-state index in [2.05, 4.69) is 28.9 Å². The van der Waals surface area contributed by atoms with E-state index in [9.17, 15) is 10.1 Å². The molecule has 3 aromatic rings. The summed E-state index contributed by atoms with van der Waals surface area (Å²) in [7, 11) is 0. The summed E-state index contributed by atoms with van der Waals surface area (Å²) in [5.41, 5.74) is 3.53. The van der Waals surface area contributed by atoms with E-state index in [1.165, 1.54) is 16.6 Å². The highest BCUT2D eigenvalue weighted by atomic mass is 32.2. The number of benzene rings is 2. The molecule has 0 saturated carbocycles. The summed E-state index contributed by atoms with van der Waals surface area (Å²) >= 11 is 8.39. The first-order valence-electron chi connectivity index (χ1n) is 10.7. The number of hydrogen-bond acceptors (Lipinski definition) is 5. The molecular formula is C25H24N4OS3. The van der Waals surface area contributed by atoms with E-state index >= 15 is 0 Å². The minimum Gasteiger partial charge on any atom is -0.332 e. The number of rotatable bonds is 6. The minimum absolute atomic E-state index is 0.109. The van der Waals surface area contributed by atoms with Crippen LogP contribution in [0.3, 0.4) is 0 Å². The number of nitrogens with zero attached hydrogens (tertiary/aromatic N) is 1. The number of para-hydroxylation sites is 1. The van der Waals surface area contributed by atoms with E-state index in [0.717, 1.165) is 41.1 Å². The lowest BCUT2D eigenvalue weighted by atomic mass is 9.89. The molecule has 2 aromatic carbocycles. The number of carbonyl (C=O) groups is 1. The van der Waals surface area contributed by atoms with E-state index in [1.54, 1.807) is 11.3 Å². The molecule has 3 N–H and O–H groups in total. The van der Waals surface area contributed by atoms with Crippen LogP contribution in [-0.4, -0.2) is 16.8 Å². The minimum atomic E-state index is -0.109. The van der Waals surface area contributed by atoms with Gasteiger partial charge in [-0.1, -0.05) is 31.2 Å². The molecule has 168 valence electrons. The fourth-order valence-electron chi connectivity index (χ4n) is 3.75. The molecule has 0 radical (unpaired) electrons. The Balaban J connectivity index is 1.33. The quantitative estimate of drug-likeness (QED) is 0.278. The summed E-state index contributed by atoms with van der Waals surface area (Å²) in [6.07, 6.45) is 3.00. The van der Waals surface area contributed by atoms with Gasteiger partial charge < -0.3 is 16.0 Å². The molecule has 1 atom stereocenters. The molecule has 33 heavy (non-hydrogen) atoms. The smallest absolute Gasteiger partial charge is 0.235 e. The maximum atomic E-state index is 12.6. The number of amides is 1. The number of thiocarbonyl (C=S) groups is 1. The van der Waals surface area contributed by atoms with Gasteiger partial charge in [0.2, 0.25) is 5.91 Å². The molecule has 1 unspecified atom stereocenters. The third kappa shape index (κ3) is 6.14. The molecule has 0 fully saturated rings. The molecule has 0 aliphatic heterocycles. The van der Waals surface area contributed by atoms with Gasteiger partial charge in [0, 0.05) is 21.1 Å². The van der Waals surface area contributed by atoms with E-state index < -0.39 is 0 Å². The summed E-state index contributed by atoms with van der Waals surface area (Å²) in [5.74, 6) is 0.779. The molecule has 8 heteroatoms. The standard InChI is InChI=1S/C25H24N4OS3/c1-16-10-11-20-21(14-26)24(33-22(20)12-16)29-23(30)15-32-19-9-5-8-18(13-19)28-25(31)27-17-6-3-2-4-7-17/h2-9,13,16H,10-12,15H2,1H3,(H,29,30)(H2,27,28,31). The van der Waals surface area contributed by atoms with Gasteiger partial charge in [0.1, 0.15) is 11.1 Å². The van der Waals surface area contributed by atoms with Crippen molar-refractivity contribution in [1.29, 1.82) is 5.26 Å². The Hall–Kier alpha value is -2.86. The summed E-state index contributed by atoms with van der Waals surface area (Å²) in [6.45, 7) is 2.23. The molecule has 0 saturated heterocycles. The van der Waals surface area contributed by atoms with Crippen molar-refractivity contribution in [2.45, 2.75) is 31.1 Å². The first-order chi connectivity index (χ1) is 16.0. The van der Waals surface area contributed by atoms with Gasteiger partial charge in [-0.2, -0.15) is 5.26 Å². The van der Waals surface area contributed by atoms with Crippen molar-refractivity contribution >= 4 is 62.7 Å². The number of nitrogens with one attached hydrogen (secondary N) is 3. The molecule has 0 bridgehead atoms. The predicted octanol–water partition coefficient (Wildman–Crippen LogP) is 6.28. The van der Waals surface area contributed by atoms with Crippen molar-refractivity contribution < 1.29 is 4.79 Å². The molecule has 1 amide bonds. The highest BCUT2D eigenvalue weighted by Crippen LogP contribution is 2.39. The van der Waals surface area contributed by atoms with Gasteiger partial charge in [0.25, 0.3) is 0 Å². The Morgan fingerprint density at radius 3 is 2.70 bits per heavy atom. The van der Waals surface area contributed by atoms with Crippen molar-refractivity contribution in [3.8, 4) is 6.07 Å². The summed E-state index contributed by atoms with van der Waals surface area (Å²) in [6, 6.07) is 19.8. The van der Waals surface area contributed by atoms with Crippen LogP contribution in [-0.2, 0) is 17.6 Å². The summed E-state index contributed by atoms with van der Waals surface area (Å²) < 4.78 is 0. The average Bonchev–Trinajstić information content (AvgIpc) is 3.14. The van der Waals surface area contributed by atoms with Crippen molar-refractivity contribution in [3.63, 3.8) is 0 Å². The monoisotopic (exact) mass is 492 g/mol. The van der Waals surface area contributed by atoms with Crippen molar-refractivity contribution in [2.75, 3.05) is 21.7 Å². The highest BCUT2D eigenvalue weighted by molar-refractivity contribution is 8.00. The topological polar surface area (TPSA) is 77.0 Å². The lowest BCUT2D eigenvalue weighted by Crippen LogP contribution is -2.19. The Morgan fingerprint density at radius 1 is 1.15 bits per heavy atom. The van der Waals surface area contributed by atoms with E-state index in [4.69, 9.17) is 12.2 Å². The largest absolute Gasteiger partial charge is 0.332 e. The van der Waals surface area contributed by atoms with Crippen molar-refractivity contribution in [1.82, 2.24) is 0 Å². The second-order valence-electron chi connectivity index (χ2n) is 7.98. The number of thioether (sulfide) groups is 1. The van der Waals surface area contributed by atoms with Crippen LogP contribution in [0.25, 0.3) is 0 Å². The zero-order valence-electron chi connectivity index (χ0n) is 18.2. The SMILES string of the molecule is CC1CCc2c(sc(NC(=O)CSc3cccc(NC(=S)Nc4ccccc4)c3)c2C#N)C1. The number of nitriles is 1. The van der Waals surface area contributed by atoms with Gasteiger partial charge in [0.05, 0.1) is 11.3 Å². The Morgan fingerprint density at radius 2 is 1.91 bits per heavy atom. The Labute approximate surface area is 207 Å². The maximum Gasteiger partial charge on any atom is 0.235 e. The lowest BCUT2D eigenvalue weighted by Gasteiger charge is -2.17. The normalized spacial score (nSPS) is 14.6. The second-order valence-corrected chi connectivity index (χ2v) is 10.5. The molecule has 4 rings (SSSR count). The second kappa shape index (κ2) is 10.8. The van der Waals surface area contributed by atoms with Gasteiger partial charge in [-0.3, -0.25) is 4.79 Å². The van der Waals surface area contributed by atoms with Crippen LogP contribution in [0, 0.1) is 17.2 Å². The summed E-state index contributed by atoms with van der Waals surface area (Å²) in [5, 5.41) is 20.1. The predicted molar refractivity (Wildman–Crippen MR) is 142 cm³/mol. The summed E-state index contributed by atoms with van der Waals surface area (Å²) in [4.78, 5) is 14.8. The van der Waals surface area contributed by atoms with Crippen LogP contribution >= 0.6 is 35.3 Å². The average molecular weight is 493 g/mol. The number of carbonyl (C=O) groups excluding carboxylic acids is 1. The zero-order valence-corrected chi connectivity index (χ0v) is 20.6. The van der Waals surface area contributed by atoms with Crippen molar-refractivity contribution in [2.24, 2.45) is 5.92 Å². The van der Waals surface area contributed by atoms with Crippen LogP contribution in [0.4, 0.5) is 16.4 Å². The van der Waals surface area contributed by atoms with Crippen LogP contribution in [0.2, 0.25) is 0 Å². The lowest BCUT2D eigenvalue weighted by molar-refractivity contribution is -0.113. The third-order valence-electron chi connectivity index (χ3n) is 5.37. The highest BCUT2D eigenvalue weighted by Gasteiger charge is 2.24.